The van der Waals surface area contributed by atoms with Crippen molar-refractivity contribution in [3.63, 3.8) is 0 Å². The van der Waals surface area contributed by atoms with Gasteiger partial charge in [-0.3, -0.25) is 4.57 Å². The van der Waals surface area contributed by atoms with E-state index in [1.165, 1.54) is 12.8 Å². The van der Waals surface area contributed by atoms with Gasteiger partial charge in [0.2, 0.25) is 0 Å². The number of rotatable bonds is 2. The highest BCUT2D eigenvalue weighted by Crippen LogP contribution is 2.37. The van der Waals surface area contributed by atoms with Gasteiger partial charge in [0.15, 0.2) is 0 Å². The fourth-order valence-electron chi connectivity index (χ4n) is 4.13. The van der Waals surface area contributed by atoms with Crippen molar-refractivity contribution in [3.8, 4) is 0 Å². The van der Waals surface area contributed by atoms with Crippen molar-refractivity contribution >= 4 is 34.9 Å². The van der Waals surface area contributed by atoms with Crippen molar-refractivity contribution in [2.24, 2.45) is 11.8 Å². The largest absolute Gasteiger partial charge is 0.481 e. The number of hydrogen-bond acceptors (Lipinski definition) is 1. The molecule has 2 bridgehead atoms. The highest BCUT2D eigenvalue weighted by molar-refractivity contribution is 9.10. The monoisotopic (exact) mass is 346 g/mol. The van der Waals surface area contributed by atoms with E-state index in [0.29, 0.717) is 10.3 Å². The van der Waals surface area contributed by atoms with Gasteiger partial charge in [-0.05, 0) is 37.0 Å². The molecule has 6 heteroatoms. The summed E-state index contributed by atoms with van der Waals surface area (Å²) in [5, 5.41) is 0. The van der Waals surface area contributed by atoms with E-state index in [9.17, 15) is 4.79 Å². The summed E-state index contributed by atoms with van der Waals surface area (Å²) in [5.74, 6) is 1.23. The number of quaternary nitrogens is 1. The fourth-order valence-corrected chi connectivity index (χ4v) is 4.49. The zero-order chi connectivity index (χ0) is 14.6. The third-order valence-electron chi connectivity index (χ3n) is 5.31. The Labute approximate surface area is 133 Å². The van der Waals surface area contributed by atoms with Crippen LogP contribution in [0.3, 0.4) is 0 Å². The maximum absolute atomic E-state index is 12.3. The van der Waals surface area contributed by atoms with Gasteiger partial charge in [0.1, 0.15) is 0 Å². The van der Waals surface area contributed by atoms with Crippen molar-refractivity contribution in [3.05, 3.63) is 33.2 Å². The van der Waals surface area contributed by atoms with Crippen molar-refractivity contribution in [2.45, 2.75) is 19.4 Å². The van der Waals surface area contributed by atoms with E-state index in [-0.39, 0.29) is 5.69 Å². The molecule has 0 amide bonds. The van der Waals surface area contributed by atoms with Crippen molar-refractivity contribution in [1.29, 1.82) is 0 Å². The van der Waals surface area contributed by atoms with E-state index in [2.05, 4.69) is 20.9 Å². The normalized spacial score (nSPS) is 31.9. The lowest BCUT2D eigenvalue weighted by atomic mass is 9.75. The van der Waals surface area contributed by atoms with Gasteiger partial charge in [-0.1, -0.05) is 15.9 Å². The molecule has 5 rings (SSSR count). The van der Waals surface area contributed by atoms with Gasteiger partial charge in [0, 0.05) is 16.9 Å². The lowest BCUT2D eigenvalue weighted by molar-refractivity contribution is -0.841. The lowest BCUT2D eigenvalue weighted by Gasteiger charge is -2.51. The van der Waals surface area contributed by atoms with E-state index in [1.807, 2.05) is 22.8 Å². The van der Waals surface area contributed by atoms with Crippen LogP contribution in [-0.2, 0) is 6.54 Å². The predicted octanol–water partition coefficient (Wildman–Crippen LogP) is 2.03. The molecule has 1 aromatic heterocycles. The number of aromatic amines is 1. The number of piperidine rings is 3. The molecule has 4 heterocycles. The van der Waals surface area contributed by atoms with E-state index in [0.717, 1.165) is 47.6 Å². The van der Waals surface area contributed by atoms with E-state index < -0.39 is 0 Å². The smallest absolute Gasteiger partial charge is 0.396 e. The summed E-state index contributed by atoms with van der Waals surface area (Å²) in [4.78, 5) is 15.2. The summed E-state index contributed by atoms with van der Waals surface area (Å²) in [6, 6.07) is 5.95. The third-order valence-corrected chi connectivity index (χ3v) is 5.80. The number of H-pyrrole nitrogens is 1. The van der Waals surface area contributed by atoms with Gasteiger partial charge in [-0.15, -0.1) is 0 Å². The number of benzene rings is 1. The summed E-state index contributed by atoms with van der Waals surface area (Å²) in [5.41, 5.74) is 1.87. The first-order valence-corrected chi connectivity index (χ1v) is 8.36. The van der Waals surface area contributed by atoms with Gasteiger partial charge in [-0.25, -0.2) is 4.79 Å². The Kier molecular flexibility index (Phi) is 3.08. The molecule has 21 heavy (non-hydrogen) atoms. The Morgan fingerprint density at radius 3 is 2.86 bits per heavy atom. The minimum atomic E-state index is -0.0110. The molecule has 3 aliphatic rings. The molecule has 0 saturated carbocycles. The number of halogens is 1. The molecule has 108 valence electrons. The molecule has 3 saturated heterocycles. The number of aromatic nitrogens is 2. The van der Waals surface area contributed by atoms with Gasteiger partial charge >= 0.3 is 13.7 Å². The van der Waals surface area contributed by atoms with Crippen molar-refractivity contribution in [2.75, 3.05) is 19.6 Å². The van der Waals surface area contributed by atoms with Crippen LogP contribution >= 0.6 is 15.9 Å². The molecule has 1 atom stereocenters. The van der Waals surface area contributed by atoms with Crippen molar-refractivity contribution < 1.29 is 4.39 Å². The minimum Gasteiger partial charge on any atom is -0.396 e. The summed E-state index contributed by atoms with van der Waals surface area (Å²) in [7, 11) is 6.42. The first-order valence-electron chi connectivity index (χ1n) is 7.57. The van der Waals surface area contributed by atoms with Crippen LogP contribution in [0, 0.1) is 11.8 Å². The summed E-state index contributed by atoms with van der Waals surface area (Å²) in [6.45, 7) is 3.97. The predicted molar refractivity (Wildman–Crippen MR) is 87.1 cm³/mol. The summed E-state index contributed by atoms with van der Waals surface area (Å²) >= 11 is 3.45. The highest BCUT2D eigenvalue weighted by Gasteiger charge is 2.43. The van der Waals surface area contributed by atoms with Gasteiger partial charge in [-0.2, -0.15) is 0 Å². The van der Waals surface area contributed by atoms with Crippen LogP contribution < -0.4 is 5.69 Å². The number of fused-ring (bicyclic) bond motifs is 4. The average molecular weight is 347 g/mol. The van der Waals surface area contributed by atoms with Gasteiger partial charge in [0.05, 0.1) is 30.7 Å². The highest BCUT2D eigenvalue weighted by atomic mass is 79.9. The Morgan fingerprint density at radius 2 is 2.14 bits per heavy atom. The van der Waals surface area contributed by atoms with Crippen LogP contribution in [0.4, 0.5) is 0 Å². The van der Waals surface area contributed by atoms with Crippen LogP contribution in [0.1, 0.15) is 12.8 Å². The van der Waals surface area contributed by atoms with Crippen LogP contribution in [-0.4, -0.2) is 41.6 Å². The minimum absolute atomic E-state index is 0.0110. The Morgan fingerprint density at radius 1 is 1.38 bits per heavy atom. The molecule has 2 aromatic rings. The second kappa shape index (κ2) is 4.75. The van der Waals surface area contributed by atoms with Crippen LogP contribution in [0.25, 0.3) is 11.0 Å². The Bertz CT molecular complexity index is 745. The van der Waals surface area contributed by atoms with Crippen LogP contribution in [0.2, 0.25) is 0 Å². The molecule has 3 fully saturated rings. The summed E-state index contributed by atoms with van der Waals surface area (Å²) in [6.07, 6.45) is 2.40. The van der Waals surface area contributed by atoms with Crippen LogP contribution in [0.5, 0.6) is 0 Å². The number of hydrogen-bond donors (Lipinski definition) is 1. The molecule has 4 nitrogen and oxygen atoms in total. The second-order valence-electron chi connectivity index (χ2n) is 6.65. The lowest BCUT2D eigenvalue weighted by Crippen LogP contribution is -2.61. The van der Waals surface area contributed by atoms with E-state index >= 15 is 0 Å². The van der Waals surface area contributed by atoms with Gasteiger partial charge in [0.25, 0.3) is 0 Å². The fraction of sp³-hybridized carbons (Fsp3) is 0.533. The first kappa shape index (κ1) is 13.6. The molecule has 0 spiro atoms. The Balaban J connectivity index is 1.69. The first-order chi connectivity index (χ1) is 10.0. The number of nitrogens with zero attached hydrogens (tertiary/aromatic N) is 2. The molecule has 0 aliphatic carbocycles. The number of nitrogens with one attached hydrogen (secondary N) is 1. The summed E-state index contributed by atoms with van der Waals surface area (Å²) < 4.78 is 3.57. The SMILES string of the molecule is [B][N+]12CCC(CC1)C(Cn1c(=O)[nH]c3cc(Br)ccc31)C2. The molecule has 1 unspecified atom stereocenters. The van der Waals surface area contributed by atoms with Gasteiger partial charge < -0.3 is 9.38 Å². The number of imidazole rings is 1. The quantitative estimate of drug-likeness (QED) is 0.830. The molecule has 1 N–H and O–H groups in total. The van der Waals surface area contributed by atoms with Crippen molar-refractivity contribution in [1.82, 2.24) is 9.55 Å². The van der Waals surface area contributed by atoms with E-state index in [1.54, 1.807) is 0 Å². The topological polar surface area (TPSA) is 37.8 Å². The average Bonchev–Trinajstić information content (AvgIpc) is 2.74. The molecule has 3 aliphatic heterocycles. The molecular formula is C15H18BBrN3O+. The molecule has 2 radical (unpaired) electrons. The van der Waals surface area contributed by atoms with Crippen LogP contribution in [0.15, 0.2) is 27.5 Å². The molecular weight excluding hydrogens is 329 g/mol. The second-order valence-corrected chi connectivity index (χ2v) is 7.56. The van der Waals surface area contributed by atoms with E-state index in [4.69, 9.17) is 7.98 Å². The zero-order valence-electron chi connectivity index (χ0n) is 11.9. The third kappa shape index (κ3) is 2.29. The molecule has 1 aromatic carbocycles. The maximum atomic E-state index is 12.3. The maximum Gasteiger partial charge on any atom is 0.481 e. The zero-order valence-corrected chi connectivity index (χ0v) is 13.5. The Hall–Kier alpha value is -1.01. The standard InChI is InChI=1S/C15H18BBrN3O/c16-20-5-3-10(4-6-20)11(9-20)8-19-14-2-1-12(17)7-13(14)18-15(19)21/h1-2,7,10-11H,3-6,8-9H2,(H,18,21)/q+1.